The van der Waals surface area contributed by atoms with E-state index in [1.54, 1.807) is 54.7 Å². The molecular weight excluding hydrogens is 345 g/mol. The van der Waals surface area contributed by atoms with Gasteiger partial charge in [0.2, 0.25) is 0 Å². The van der Waals surface area contributed by atoms with E-state index in [9.17, 15) is 4.79 Å². The molecule has 0 atom stereocenters. The largest absolute Gasteiger partial charge is 0.340 e. The van der Waals surface area contributed by atoms with Gasteiger partial charge in [-0.2, -0.15) is 0 Å². The van der Waals surface area contributed by atoms with E-state index in [0.717, 1.165) is 5.69 Å². The number of anilines is 3. The van der Waals surface area contributed by atoms with E-state index in [1.807, 2.05) is 12.1 Å². The fourth-order valence-corrected chi connectivity index (χ4v) is 2.44. The molecule has 1 aromatic heterocycles. The number of pyridine rings is 1. The van der Waals surface area contributed by atoms with E-state index in [0.29, 0.717) is 27.1 Å². The van der Waals surface area contributed by atoms with Crippen LogP contribution in [-0.2, 0) is 0 Å². The van der Waals surface area contributed by atoms with E-state index in [1.165, 1.54) is 0 Å². The zero-order valence-electron chi connectivity index (χ0n) is 12.5. The lowest BCUT2D eigenvalue weighted by molar-refractivity contribution is 0.102. The van der Waals surface area contributed by atoms with Crippen LogP contribution in [0.5, 0.6) is 0 Å². The van der Waals surface area contributed by atoms with Crippen LogP contribution in [0.25, 0.3) is 0 Å². The lowest BCUT2D eigenvalue weighted by Gasteiger charge is -2.11. The molecule has 0 fully saturated rings. The second-order valence-electron chi connectivity index (χ2n) is 5.00. The fraction of sp³-hybridized carbons (Fsp3) is 0. The summed E-state index contributed by atoms with van der Waals surface area (Å²) in [6, 6.07) is 17.5. The van der Waals surface area contributed by atoms with E-state index < -0.39 is 0 Å². The molecule has 0 saturated heterocycles. The van der Waals surface area contributed by atoms with Gasteiger partial charge in [-0.15, -0.1) is 0 Å². The van der Waals surface area contributed by atoms with Crippen molar-refractivity contribution in [3.63, 3.8) is 0 Å². The highest BCUT2D eigenvalue weighted by Crippen LogP contribution is 2.22. The van der Waals surface area contributed by atoms with E-state index in [2.05, 4.69) is 15.6 Å². The number of hydrogen-bond donors (Lipinski definition) is 2. The van der Waals surface area contributed by atoms with Crippen LogP contribution in [0.3, 0.4) is 0 Å². The van der Waals surface area contributed by atoms with Crippen LogP contribution in [0, 0.1) is 0 Å². The van der Waals surface area contributed by atoms with Gasteiger partial charge in [0.25, 0.3) is 5.91 Å². The van der Waals surface area contributed by atoms with Crippen LogP contribution >= 0.6 is 23.2 Å². The van der Waals surface area contributed by atoms with Gasteiger partial charge in [0.05, 0.1) is 5.56 Å². The molecule has 6 heteroatoms. The molecule has 0 radical (unpaired) electrons. The van der Waals surface area contributed by atoms with Crippen molar-refractivity contribution in [3.8, 4) is 0 Å². The van der Waals surface area contributed by atoms with E-state index in [-0.39, 0.29) is 5.91 Å². The molecule has 0 aliphatic carbocycles. The van der Waals surface area contributed by atoms with Gasteiger partial charge in [-0.3, -0.25) is 4.79 Å². The molecule has 0 bridgehead atoms. The molecule has 24 heavy (non-hydrogen) atoms. The smallest absolute Gasteiger partial charge is 0.259 e. The number of amides is 1. The summed E-state index contributed by atoms with van der Waals surface area (Å²) in [5.74, 6) is 0.182. The summed E-state index contributed by atoms with van der Waals surface area (Å²) in [4.78, 5) is 16.8. The molecular formula is C18H13Cl2N3O. The van der Waals surface area contributed by atoms with Crippen molar-refractivity contribution in [2.45, 2.75) is 0 Å². The van der Waals surface area contributed by atoms with Gasteiger partial charge in [0.15, 0.2) is 0 Å². The Hall–Kier alpha value is -2.56. The average molecular weight is 358 g/mol. The maximum absolute atomic E-state index is 12.5. The molecule has 0 saturated carbocycles. The Morgan fingerprint density at radius 3 is 2.42 bits per heavy atom. The monoisotopic (exact) mass is 357 g/mol. The molecule has 3 rings (SSSR count). The van der Waals surface area contributed by atoms with Gasteiger partial charge < -0.3 is 10.6 Å². The van der Waals surface area contributed by atoms with Gasteiger partial charge in [0.1, 0.15) is 5.82 Å². The topological polar surface area (TPSA) is 54.0 Å². The van der Waals surface area contributed by atoms with Gasteiger partial charge in [-0.05, 0) is 54.6 Å². The van der Waals surface area contributed by atoms with Gasteiger partial charge in [-0.1, -0.05) is 29.3 Å². The SMILES string of the molecule is O=C(Nc1cccc(Cl)c1)c1cccnc1Nc1ccc(Cl)cc1. The van der Waals surface area contributed by atoms with Crippen LogP contribution < -0.4 is 10.6 Å². The first-order valence-electron chi connectivity index (χ1n) is 7.16. The predicted octanol–water partition coefficient (Wildman–Crippen LogP) is 5.38. The minimum Gasteiger partial charge on any atom is -0.340 e. The van der Waals surface area contributed by atoms with E-state index in [4.69, 9.17) is 23.2 Å². The minimum atomic E-state index is -0.276. The highest BCUT2D eigenvalue weighted by Gasteiger charge is 2.13. The fourth-order valence-electron chi connectivity index (χ4n) is 2.12. The zero-order valence-corrected chi connectivity index (χ0v) is 14.0. The average Bonchev–Trinajstić information content (AvgIpc) is 2.57. The third-order valence-electron chi connectivity index (χ3n) is 3.24. The Balaban J connectivity index is 1.83. The van der Waals surface area contributed by atoms with Gasteiger partial charge >= 0.3 is 0 Å². The Kier molecular flexibility index (Phi) is 4.99. The zero-order chi connectivity index (χ0) is 16.9. The second-order valence-corrected chi connectivity index (χ2v) is 5.87. The molecule has 0 spiro atoms. The van der Waals surface area contributed by atoms with Crippen molar-refractivity contribution >= 4 is 46.3 Å². The third-order valence-corrected chi connectivity index (χ3v) is 3.73. The first kappa shape index (κ1) is 16.3. The van der Waals surface area contributed by atoms with Crippen LogP contribution in [0.2, 0.25) is 10.0 Å². The molecule has 0 aliphatic rings. The summed E-state index contributed by atoms with van der Waals surface area (Å²) in [5.41, 5.74) is 1.83. The molecule has 120 valence electrons. The molecule has 0 aliphatic heterocycles. The molecule has 4 nitrogen and oxygen atoms in total. The van der Waals surface area contributed by atoms with Crippen molar-refractivity contribution in [1.29, 1.82) is 0 Å². The van der Waals surface area contributed by atoms with Crippen LogP contribution in [-0.4, -0.2) is 10.9 Å². The van der Waals surface area contributed by atoms with Crippen LogP contribution in [0.15, 0.2) is 66.9 Å². The number of carbonyl (C=O) groups is 1. The Morgan fingerprint density at radius 1 is 0.875 bits per heavy atom. The van der Waals surface area contributed by atoms with Crippen LogP contribution in [0.4, 0.5) is 17.2 Å². The molecule has 1 heterocycles. The summed E-state index contributed by atoms with van der Waals surface area (Å²) in [6.07, 6.45) is 1.62. The number of benzene rings is 2. The lowest BCUT2D eigenvalue weighted by Crippen LogP contribution is -2.14. The van der Waals surface area contributed by atoms with E-state index >= 15 is 0 Å². The number of aromatic nitrogens is 1. The normalized spacial score (nSPS) is 10.2. The highest BCUT2D eigenvalue weighted by atomic mass is 35.5. The molecule has 1 amide bonds. The van der Waals surface area contributed by atoms with Crippen molar-refractivity contribution in [2.24, 2.45) is 0 Å². The first-order chi connectivity index (χ1) is 11.6. The minimum absolute atomic E-state index is 0.276. The number of nitrogens with one attached hydrogen (secondary N) is 2. The lowest BCUT2D eigenvalue weighted by atomic mass is 10.2. The summed E-state index contributed by atoms with van der Waals surface area (Å²) in [7, 11) is 0. The van der Waals surface area contributed by atoms with Crippen molar-refractivity contribution < 1.29 is 4.79 Å². The van der Waals surface area contributed by atoms with Crippen molar-refractivity contribution in [1.82, 2.24) is 4.98 Å². The summed E-state index contributed by atoms with van der Waals surface area (Å²) in [6.45, 7) is 0. The molecule has 2 N–H and O–H groups in total. The molecule has 2 aromatic carbocycles. The maximum atomic E-state index is 12.5. The number of hydrogen-bond acceptors (Lipinski definition) is 3. The van der Waals surface area contributed by atoms with Gasteiger partial charge in [-0.25, -0.2) is 4.98 Å². The summed E-state index contributed by atoms with van der Waals surface area (Å²) in [5, 5.41) is 7.12. The Labute approximate surface area is 149 Å². The Bertz CT molecular complexity index is 866. The first-order valence-corrected chi connectivity index (χ1v) is 7.92. The number of carbonyl (C=O) groups excluding carboxylic acids is 1. The second kappa shape index (κ2) is 7.34. The number of nitrogens with zero attached hydrogens (tertiary/aromatic N) is 1. The standard InChI is InChI=1S/C18H13Cl2N3O/c19-12-6-8-14(9-7-12)22-17-16(5-2-10-21-17)18(24)23-15-4-1-3-13(20)11-15/h1-11H,(H,21,22)(H,23,24). The number of halogens is 2. The van der Waals surface area contributed by atoms with Crippen molar-refractivity contribution in [2.75, 3.05) is 10.6 Å². The van der Waals surface area contributed by atoms with Crippen molar-refractivity contribution in [3.05, 3.63) is 82.5 Å². The third kappa shape index (κ3) is 4.04. The summed E-state index contributed by atoms with van der Waals surface area (Å²) >= 11 is 11.8. The van der Waals surface area contributed by atoms with Gasteiger partial charge in [0, 0.05) is 27.6 Å². The molecule has 0 unspecified atom stereocenters. The highest BCUT2D eigenvalue weighted by molar-refractivity contribution is 6.31. The predicted molar refractivity (Wildman–Crippen MR) is 98.4 cm³/mol. The Morgan fingerprint density at radius 2 is 1.67 bits per heavy atom. The quantitative estimate of drug-likeness (QED) is 0.658. The van der Waals surface area contributed by atoms with Crippen LogP contribution in [0.1, 0.15) is 10.4 Å². The molecule has 3 aromatic rings. The maximum Gasteiger partial charge on any atom is 0.259 e. The summed E-state index contributed by atoms with van der Waals surface area (Å²) < 4.78 is 0. The number of rotatable bonds is 4.